The Balaban J connectivity index is 1.59. The second-order valence-corrected chi connectivity index (χ2v) is 11.1. The number of H-pyrrole nitrogens is 2. The van der Waals surface area contributed by atoms with Gasteiger partial charge in [0.2, 0.25) is 0 Å². The Morgan fingerprint density at radius 2 is 1.20 bits per heavy atom. The van der Waals surface area contributed by atoms with Crippen LogP contribution in [0.25, 0.3) is 21.8 Å². The van der Waals surface area contributed by atoms with Crippen LogP contribution in [0.15, 0.2) is 140 Å². The lowest BCUT2D eigenvalue weighted by Gasteiger charge is -2.40. The van der Waals surface area contributed by atoms with Crippen LogP contribution in [0.1, 0.15) is 50.9 Å². The molecule has 2 heterocycles. The minimum atomic E-state index is -0.434. The van der Waals surface area contributed by atoms with Crippen LogP contribution in [0.4, 0.5) is 0 Å². The van der Waals surface area contributed by atoms with Crippen LogP contribution < -0.4 is 0 Å². The summed E-state index contributed by atoms with van der Waals surface area (Å²) in [5, 5.41) is 2.61. The summed E-state index contributed by atoms with van der Waals surface area (Å²) in [6.07, 6.45) is 2.28. The summed E-state index contributed by atoms with van der Waals surface area (Å²) in [7, 11) is 0. The summed E-state index contributed by atoms with van der Waals surface area (Å²) in [5.74, 6) is 0.258. The van der Waals surface area contributed by atoms with E-state index in [1.165, 1.54) is 60.9 Å². The van der Waals surface area contributed by atoms with Gasteiger partial charge in [-0.3, -0.25) is 0 Å². The fraction of sp³-hybridized carbons (Fsp3) is 0.105. The highest BCUT2D eigenvalue weighted by Gasteiger charge is 2.57. The fourth-order valence-corrected chi connectivity index (χ4v) is 7.60. The average Bonchev–Trinajstić information content (AvgIpc) is 3.69. The maximum atomic E-state index is 4.00. The number of aryl methyl sites for hydroxylation is 1. The van der Waals surface area contributed by atoms with Crippen LogP contribution in [-0.2, 0) is 5.41 Å². The van der Waals surface area contributed by atoms with Crippen molar-refractivity contribution in [1.82, 2.24) is 9.97 Å². The molecule has 0 radical (unpaired) electrons. The maximum Gasteiger partial charge on any atom is 0.0683 e. The Bertz CT molecular complexity index is 1920. The first-order valence-corrected chi connectivity index (χ1v) is 14.1. The molecule has 5 aromatic carbocycles. The zero-order valence-electron chi connectivity index (χ0n) is 22.4. The molecule has 1 aliphatic carbocycles. The van der Waals surface area contributed by atoms with E-state index in [1.807, 2.05) is 0 Å². The number of aromatic amines is 2. The van der Waals surface area contributed by atoms with Gasteiger partial charge in [0.15, 0.2) is 0 Å². The monoisotopic (exact) mass is 514 g/mol. The van der Waals surface area contributed by atoms with Gasteiger partial charge in [0.1, 0.15) is 0 Å². The molecule has 2 aromatic heterocycles. The zero-order valence-corrected chi connectivity index (χ0v) is 22.4. The van der Waals surface area contributed by atoms with Gasteiger partial charge in [-0.1, -0.05) is 127 Å². The van der Waals surface area contributed by atoms with Gasteiger partial charge in [-0.25, -0.2) is 0 Å². The molecular weight excluding hydrogens is 484 g/mol. The van der Waals surface area contributed by atoms with Crippen LogP contribution in [-0.4, -0.2) is 9.97 Å². The van der Waals surface area contributed by atoms with E-state index in [-0.39, 0.29) is 11.8 Å². The number of fused-ring (bicyclic) bond motifs is 4. The molecule has 0 spiro atoms. The van der Waals surface area contributed by atoms with Gasteiger partial charge in [-0.15, -0.1) is 0 Å². The van der Waals surface area contributed by atoms with E-state index in [4.69, 9.17) is 0 Å². The van der Waals surface area contributed by atoms with E-state index in [9.17, 15) is 0 Å². The minimum absolute atomic E-state index is 0.112. The summed E-state index contributed by atoms with van der Waals surface area (Å²) in [5.41, 5.74) is 11.3. The number of para-hydroxylation sites is 2. The average molecular weight is 515 g/mol. The van der Waals surface area contributed by atoms with Crippen LogP contribution in [0.2, 0.25) is 0 Å². The molecule has 40 heavy (non-hydrogen) atoms. The molecule has 192 valence electrons. The van der Waals surface area contributed by atoms with E-state index in [2.05, 4.69) is 157 Å². The van der Waals surface area contributed by atoms with Crippen LogP contribution in [0, 0.1) is 6.92 Å². The van der Waals surface area contributed by atoms with Gasteiger partial charge >= 0.3 is 0 Å². The van der Waals surface area contributed by atoms with E-state index in [0.717, 1.165) is 0 Å². The molecule has 2 heteroatoms. The van der Waals surface area contributed by atoms with E-state index < -0.39 is 5.41 Å². The van der Waals surface area contributed by atoms with Crippen molar-refractivity contribution >= 4 is 21.8 Å². The molecule has 8 rings (SSSR count). The number of nitrogens with one attached hydrogen (secondary N) is 2. The minimum Gasteiger partial charge on any atom is -0.361 e. The molecule has 2 N–H and O–H groups in total. The third kappa shape index (κ3) is 3.11. The molecule has 0 saturated carbocycles. The van der Waals surface area contributed by atoms with Crippen LogP contribution >= 0.6 is 0 Å². The lowest BCUT2D eigenvalue weighted by molar-refractivity contribution is 0.481. The Labute approximate surface area is 234 Å². The Kier molecular flexibility index (Phi) is 5.12. The van der Waals surface area contributed by atoms with Crippen molar-refractivity contribution in [1.29, 1.82) is 0 Å². The third-order valence-corrected chi connectivity index (χ3v) is 9.16. The first-order chi connectivity index (χ1) is 19.8. The van der Waals surface area contributed by atoms with Gasteiger partial charge in [0, 0.05) is 45.5 Å². The summed E-state index contributed by atoms with van der Waals surface area (Å²) in [6.45, 7) is 2.20. The summed E-state index contributed by atoms with van der Waals surface area (Å²) >= 11 is 0. The number of hydrogen-bond acceptors (Lipinski definition) is 0. The van der Waals surface area contributed by atoms with E-state index >= 15 is 0 Å². The predicted molar refractivity (Wildman–Crippen MR) is 165 cm³/mol. The van der Waals surface area contributed by atoms with Gasteiger partial charge < -0.3 is 9.97 Å². The second kappa shape index (κ2) is 8.86. The van der Waals surface area contributed by atoms with Gasteiger partial charge in [0.25, 0.3) is 0 Å². The van der Waals surface area contributed by atoms with Crippen molar-refractivity contribution < 1.29 is 0 Å². The zero-order chi connectivity index (χ0) is 26.7. The topological polar surface area (TPSA) is 31.6 Å². The summed E-state index contributed by atoms with van der Waals surface area (Å²) < 4.78 is 0. The van der Waals surface area contributed by atoms with Gasteiger partial charge in [-0.05, 0) is 46.4 Å². The van der Waals surface area contributed by atoms with Crippen molar-refractivity contribution in [2.24, 2.45) is 0 Å². The molecule has 0 amide bonds. The molecule has 2 atom stereocenters. The first kappa shape index (κ1) is 23.1. The van der Waals surface area contributed by atoms with Crippen molar-refractivity contribution in [3.8, 4) is 0 Å². The maximum absolute atomic E-state index is 4.00. The van der Waals surface area contributed by atoms with Gasteiger partial charge in [-0.2, -0.15) is 0 Å². The van der Waals surface area contributed by atoms with Crippen molar-refractivity contribution in [2.75, 3.05) is 0 Å². The normalized spacial score (nSPS) is 17.8. The molecule has 7 aromatic rings. The number of aromatic nitrogens is 2. The highest BCUT2D eigenvalue weighted by molar-refractivity contribution is 5.92. The van der Waals surface area contributed by atoms with Gasteiger partial charge in [0.05, 0.1) is 5.41 Å². The molecule has 0 unspecified atom stereocenters. The largest absolute Gasteiger partial charge is 0.361 e. The Morgan fingerprint density at radius 3 is 1.90 bits per heavy atom. The van der Waals surface area contributed by atoms with Crippen molar-refractivity contribution in [3.05, 3.63) is 179 Å². The lowest BCUT2D eigenvalue weighted by atomic mass is 9.62. The molecular formula is C38H30N2. The van der Waals surface area contributed by atoms with Crippen LogP contribution in [0.3, 0.4) is 0 Å². The molecule has 0 aliphatic heterocycles. The molecule has 0 bridgehead atoms. The standard InChI is InChI=1S/C38H30N2/c1-25-14-13-22-29-31(24-39-36(25)29)35-33(26-15-5-2-6-16-26)34-30-21-11-12-23-32(30)40-37(34)38(35,27-17-7-3-8-18-27)28-19-9-4-10-20-28/h2-24,33,35,39-40H,1H3/t33-,35+/m1/s1. The molecule has 2 nitrogen and oxygen atoms in total. The Hall–Kier alpha value is -4.82. The smallest absolute Gasteiger partial charge is 0.0683 e. The number of rotatable bonds is 4. The van der Waals surface area contributed by atoms with Crippen LogP contribution in [0.5, 0.6) is 0 Å². The van der Waals surface area contributed by atoms with E-state index in [1.54, 1.807) is 0 Å². The van der Waals surface area contributed by atoms with Crippen molar-refractivity contribution in [2.45, 2.75) is 24.2 Å². The molecule has 0 saturated heterocycles. The highest BCUT2D eigenvalue weighted by Crippen LogP contribution is 2.65. The van der Waals surface area contributed by atoms with Crippen molar-refractivity contribution in [3.63, 3.8) is 0 Å². The second-order valence-electron chi connectivity index (χ2n) is 11.1. The highest BCUT2D eigenvalue weighted by atomic mass is 14.8. The fourth-order valence-electron chi connectivity index (χ4n) is 7.60. The molecule has 0 fully saturated rings. The lowest BCUT2D eigenvalue weighted by Crippen LogP contribution is -2.35. The first-order valence-electron chi connectivity index (χ1n) is 14.1. The number of hydrogen-bond donors (Lipinski definition) is 2. The third-order valence-electron chi connectivity index (χ3n) is 9.16. The van der Waals surface area contributed by atoms with E-state index in [0.29, 0.717) is 0 Å². The SMILES string of the molecule is Cc1cccc2c([C@H]3[C@H](c4ccccc4)c4c([nH]c5ccccc45)C3(c3ccccc3)c3ccccc3)c[nH]c12. The number of benzene rings is 5. The predicted octanol–water partition coefficient (Wildman–Crippen LogP) is 9.22. The summed E-state index contributed by atoms with van der Waals surface area (Å²) in [6, 6.07) is 48.9. The summed E-state index contributed by atoms with van der Waals surface area (Å²) in [4.78, 5) is 7.70. The Morgan fingerprint density at radius 1 is 0.600 bits per heavy atom. The molecule has 1 aliphatic rings. The quantitative estimate of drug-likeness (QED) is 0.235.